The van der Waals surface area contributed by atoms with Crippen molar-refractivity contribution in [3.63, 3.8) is 0 Å². The molecule has 0 saturated carbocycles. The second-order valence-electron chi connectivity index (χ2n) is 5.54. The van der Waals surface area contributed by atoms with Crippen molar-refractivity contribution in [3.05, 3.63) is 60.7 Å². The normalized spacial score (nSPS) is 10.9. The van der Waals surface area contributed by atoms with Gasteiger partial charge in [-0.1, -0.05) is 36.9 Å². The molecule has 0 bridgehead atoms. The van der Waals surface area contributed by atoms with Gasteiger partial charge in [0.05, 0.1) is 0 Å². The lowest BCUT2D eigenvalue weighted by atomic mass is 10.2. The van der Waals surface area contributed by atoms with Crippen LogP contribution in [0.15, 0.2) is 55.1 Å². The van der Waals surface area contributed by atoms with Gasteiger partial charge in [0, 0.05) is 0 Å². The molecule has 20 heavy (non-hydrogen) atoms. The summed E-state index contributed by atoms with van der Waals surface area (Å²) in [5.41, 5.74) is 0.763. The van der Waals surface area contributed by atoms with Crippen LogP contribution in [-0.2, 0) is 0 Å². The maximum atomic E-state index is 5.93. The molecule has 2 heteroatoms. The molecule has 0 spiro atoms. The Morgan fingerprint density at radius 3 is 2.30 bits per heavy atom. The SMILES string of the molecule is C=Cc1cccc(Oc2ccccc2OC(C)(C)C)c1. The molecule has 0 aromatic heterocycles. The Labute approximate surface area is 120 Å². The molecule has 0 aliphatic carbocycles. The van der Waals surface area contributed by atoms with Crippen LogP contribution in [0.2, 0.25) is 0 Å². The van der Waals surface area contributed by atoms with Gasteiger partial charge in [-0.05, 0) is 50.6 Å². The summed E-state index contributed by atoms with van der Waals surface area (Å²) in [7, 11) is 0. The summed E-state index contributed by atoms with van der Waals surface area (Å²) in [6, 6.07) is 15.5. The predicted molar refractivity (Wildman–Crippen MR) is 83.4 cm³/mol. The van der Waals surface area contributed by atoms with E-state index in [2.05, 4.69) is 6.58 Å². The summed E-state index contributed by atoms with van der Waals surface area (Å²) in [6.07, 6.45) is 1.80. The van der Waals surface area contributed by atoms with Gasteiger partial charge in [-0.3, -0.25) is 0 Å². The predicted octanol–water partition coefficient (Wildman–Crippen LogP) is 5.30. The van der Waals surface area contributed by atoms with Crippen LogP contribution >= 0.6 is 0 Å². The van der Waals surface area contributed by atoms with Crippen molar-refractivity contribution >= 4 is 6.08 Å². The Kier molecular flexibility index (Phi) is 4.14. The topological polar surface area (TPSA) is 18.5 Å². The van der Waals surface area contributed by atoms with Gasteiger partial charge in [0.25, 0.3) is 0 Å². The minimum Gasteiger partial charge on any atom is -0.484 e. The lowest BCUT2D eigenvalue weighted by Gasteiger charge is -2.23. The molecule has 2 nitrogen and oxygen atoms in total. The fraction of sp³-hybridized carbons (Fsp3) is 0.222. The van der Waals surface area contributed by atoms with Crippen LogP contribution in [0.1, 0.15) is 26.3 Å². The van der Waals surface area contributed by atoms with E-state index < -0.39 is 0 Å². The van der Waals surface area contributed by atoms with Gasteiger partial charge in [-0.25, -0.2) is 0 Å². The summed E-state index contributed by atoms with van der Waals surface area (Å²) >= 11 is 0. The molecule has 104 valence electrons. The van der Waals surface area contributed by atoms with E-state index in [0.717, 1.165) is 17.1 Å². The van der Waals surface area contributed by atoms with E-state index in [0.29, 0.717) is 5.75 Å². The summed E-state index contributed by atoms with van der Waals surface area (Å²) in [5, 5.41) is 0. The van der Waals surface area contributed by atoms with Gasteiger partial charge in [-0.15, -0.1) is 0 Å². The van der Waals surface area contributed by atoms with Gasteiger partial charge in [0.1, 0.15) is 11.4 Å². The van der Waals surface area contributed by atoms with E-state index in [9.17, 15) is 0 Å². The van der Waals surface area contributed by atoms with Crippen molar-refractivity contribution in [2.45, 2.75) is 26.4 Å². The van der Waals surface area contributed by atoms with Crippen LogP contribution in [0.3, 0.4) is 0 Å². The highest BCUT2D eigenvalue weighted by Gasteiger charge is 2.15. The highest BCUT2D eigenvalue weighted by Crippen LogP contribution is 2.33. The van der Waals surface area contributed by atoms with Crippen LogP contribution < -0.4 is 9.47 Å². The van der Waals surface area contributed by atoms with Gasteiger partial charge in [-0.2, -0.15) is 0 Å². The molecule has 0 unspecified atom stereocenters. The monoisotopic (exact) mass is 268 g/mol. The van der Waals surface area contributed by atoms with E-state index in [-0.39, 0.29) is 5.60 Å². The fourth-order valence-corrected chi connectivity index (χ4v) is 1.78. The number of ether oxygens (including phenoxy) is 2. The largest absolute Gasteiger partial charge is 0.484 e. The van der Waals surface area contributed by atoms with Crippen molar-refractivity contribution in [3.8, 4) is 17.2 Å². The molecule has 0 radical (unpaired) electrons. The van der Waals surface area contributed by atoms with Crippen LogP contribution in [-0.4, -0.2) is 5.60 Å². The van der Waals surface area contributed by atoms with Crippen LogP contribution in [0.25, 0.3) is 6.08 Å². The Bertz CT molecular complexity index is 594. The Balaban J connectivity index is 2.26. The Morgan fingerprint density at radius 1 is 0.950 bits per heavy atom. The molecule has 0 atom stereocenters. The van der Waals surface area contributed by atoms with Crippen LogP contribution in [0.5, 0.6) is 17.2 Å². The molecule has 0 fully saturated rings. The van der Waals surface area contributed by atoms with E-state index in [4.69, 9.17) is 9.47 Å². The number of hydrogen-bond donors (Lipinski definition) is 0. The molecule has 0 N–H and O–H groups in total. The number of rotatable bonds is 4. The van der Waals surface area contributed by atoms with Gasteiger partial charge in [0.2, 0.25) is 0 Å². The Morgan fingerprint density at radius 2 is 1.65 bits per heavy atom. The quantitative estimate of drug-likeness (QED) is 0.749. The molecule has 0 heterocycles. The number of benzene rings is 2. The number of hydrogen-bond acceptors (Lipinski definition) is 2. The second kappa shape index (κ2) is 5.83. The number of para-hydroxylation sites is 2. The van der Waals surface area contributed by atoms with E-state index in [1.165, 1.54) is 0 Å². The highest BCUT2D eigenvalue weighted by molar-refractivity contribution is 5.51. The van der Waals surface area contributed by atoms with E-state index in [1.54, 1.807) is 6.08 Å². The molecular weight excluding hydrogens is 248 g/mol. The van der Waals surface area contributed by atoms with Crippen molar-refractivity contribution in [2.24, 2.45) is 0 Å². The third kappa shape index (κ3) is 3.89. The van der Waals surface area contributed by atoms with Gasteiger partial charge in [0.15, 0.2) is 11.5 Å². The average molecular weight is 268 g/mol. The zero-order chi connectivity index (χ0) is 14.6. The maximum absolute atomic E-state index is 5.93. The van der Waals surface area contributed by atoms with Crippen molar-refractivity contribution in [1.82, 2.24) is 0 Å². The highest BCUT2D eigenvalue weighted by atomic mass is 16.5. The zero-order valence-electron chi connectivity index (χ0n) is 12.2. The summed E-state index contributed by atoms with van der Waals surface area (Å²) in [6.45, 7) is 9.81. The Hall–Kier alpha value is -2.22. The lowest BCUT2D eigenvalue weighted by molar-refractivity contribution is 0.126. The second-order valence-corrected chi connectivity index (χ2v) is 5.54. The summed E-state index contributed by atoms with van der Waals surface area (Å²) in [4.78, 5) is 0. The molecular formula is C18H20O2. The van der Waals surface area contributed by atoms with Crippen LogP contribution in [0, 0.1) is 0 Å². The molecule has 0 saturated heterocycles. The third-order valence-electron chi connectivity index (χ3n) is 2.59. The third-order valence-corrected chi connectivity index (χ3v) is 2.59. The first-order valence-electron chi connectivity index (χ1n) is 6.66. The van der Waals surface area contributed by atoms with Crippen LogP contribution in [0.4, 0.5) is 0 Å². The first kappa shape index (κ1) is 14.2. The van der Waals surface area contributed by atoms with E-state index in [1.807, 2.05) is 69.3 Å². The molecule has 2 aromatic carbocycles. The minimum absolute atomic E-state index is 0.261. The van der Waals surface area contributed by atoms with Gasteiger partial charge >= 0.3 is 0 Å². The van der Waals surface area contributed by atoms with Gasteiger partial charge < -0.3 is 9.47 Å². The van der Waals surface area contributed by atoms with E-state index >= 15 is 0 Å². The van der Waals surface area contributed by atoms with Crippen molar-refractivity contribution in [2.75, 3.05) is 0 Å². The first-order chi connectivity index (χ1) is 9.48. The summed E-state index contributed by atoms with van der Waals surface area (Å²) < 4.78 is 11.8. The fourth-order valence-electron chi connectivity index (χ4n) is 1.78. The smallest absolute Gasteiger partial charge is 0.169 e. The lowest BCUT2D eigenvalue weighted by Crippen LogP contribution is -2.23. The summed E-state index contributed by atoms with van der Waals surface area (Å²) in [5.74, 6) is 2.22. The standard InChI is InChI=1S/C18H20O2/c1-5-14-9-8-10-15(13-14)19-16-11-6-7-12-17(16)20-18(2,3)4/h5-13H,1H2,2-4H3. The minimum atomic E-state index is -0.261. The molecule has 2 rings (SSSR count). The molecule has 0 amide bonds. The average Bonchev–Trinajstić information content (AvgIpc) is 2.40. The van der Waals surface area contributed by atoms with Crippen molar-refractivity contribution < 1.29 is 9.47 Å². The van der Waals surface area contributed by atoms with Crippen molar-refractivity contribution in [1.29, 1.82) is 0 Å². The molecule has 0 aliphatic rings. The molecule has 0 aliphatic heterocycles. The molecule has 2 aromatic rings. The first-order valence-corrected chi connectivity index (χ1v) is 6.66. The maximum Gasteiger partial charge on any atom is 0.169 e. The zero-order valence-corrected chi connectivity index (χ0v) is 12.2.